The van der Waals surface area contributed by atoms with Crippen LogP contribution in [0.15, 0.2) is 144 Å². The van der Waals surface area contributed by atoms with E-state index in [1.165, 1.54) is 11.1 Å². The Labute approximate surface area is 241 Å². The van der Waals surface area contributed by atoms with Crippen molar-refractivity contribution in [2.24, 2.45) is 0 Å². The minimum Gasteiger partial charge on any atom is -0.456 e. The molecule has 3 aromatic heterocycles. The maximum Gasteiger partial charge on any atom is 0.235 e. The molecule has 0 saturated heterocycles. The first-order valence-electron chi connectivity index (χ1n) is 14.1. The van der Waals surface area contributed by atoms with Crippen molar-refractivity contribution in [2.45, 2.75) is 0 Å². The second-order valence-corrected chi connectivity index (χ2v) is 10.6. The third-order valence-corrected chi connectivity index (χ3v) is 8.23. The molecule has 196 valence electrons. The summed E-state index contributed by atoms with van der Waals surface area (Å²) in [5.74, 6) is 0.639. The number of fused-ring (bicyclic) bond motifs is 8. The van der Waals surface area contributed by atoms with E-state index >= 15 is 0 Å². The second-order valence-electron chi connectivity index (χ2n) is 10.6. The Morgan fingerprint density at radius 2 is 1.12 bits per heavy atom. The first-order valence-corrected chi connectivity index (χ1v) is 14.1. The normalized spacial score (nSPS) is 11.8. The van der Waals surface area contributed by atoms with E-state index < -0.39 is 0 Å². The molecule has 0 radical (unpaired) electrons. The van der Waals surface area contributed by atoms with Crippen LogP contribution in [0.1, 0.15) is 0 Å². The fraction of sp³-hybridized carbons (Fsp3) is 0. The van der Waals surface area contributed by atoms with E-state index in [1.807, 2.05) is 24.3 Å². The van der Waals surface area contributed by atoms with Crippen LogP contribution in [-0.4, -0.2) is 14.5 Å². The topological polar surface area (TPSA) is 43.9 Å². The smallest absolute Gasteiger partial charge is 0.235 e. The molecule has 0 aliphatic heterocycles. The number of aromatic nitrogens is 3. The lowest BCUT2D eigenvalue weighted by molar-refractivity contribution is 0.669. The molecule has 42 heavy (non-hydrogen) atoms. The summed E-state index contributed by atoms with van der Waals surface area (Å²) in [5, 5.41) is 5.48. The van der Waals surface area contributed by atoms with Gasteiger partial charge in [0.25, 0.3) is 0 Å². The van der Waals surface area contributed by atoms with Crippen molar-refractivity contribution in [2.75, 3.05) is 0 Å². The highest BCUT2D eigenvalue weighted by atomic mass is 16.3. The molecule has 0 spiro atoms. The largest absolute Gasteiger partial charge is 0.456 e. The summed E-state index contributed by atoms with van der Waals surface area (Å²) in [7, 11) is 0. The highest BCUT2D eigenvalue weighted by Gasteiger charge is 2.21. The molecule has 6 aromatic carbocycles. The lowest BCUT2D eigenvalue weighted by Gasteiger charge is -2.12. The van der Waals surface area contributed by atoms with Crippen molar-refractivity contribution in [3.8, 4) is 28.3 Å². The first-order chi connectivity index (χ1) is 20.8. The Morgan fingerprint density at radius 1 is 0.452 bits per heavy atom. The second kappa shape index (κ2) is 8.88. The fourth-order valence-corrected chi connectivity index (χ4v) is 6.31. The van der Waals surface area contributed by atoms with Crippen molar-refractivity contribution < 1.29 is 4.42 Å². The van der Waals surface area contributed by atoms with Crippen LogP contribution in [0, 0.1) is 0 Å². The molecule has 0 aliphatic rings. The quantitative estimate of drug-likeness (QED) is 0.225. The molecule has 0 fully saturated rings. The van der Waals surface area contributed by atoms with E-state index in [9.17, 15) is 0 Å². The molecule has 0 saturated carbocycles. The predicted molar refractivity (Wildman–Crippen MR) is 172 cm³/mol. The van der Waals surface area contributed by atoms with E-state index in [1.54, 1.807) is 0 Å². The third-order valence-electron chi connectivity index (χ3n) is 8.23. The molecular formula is C38H23N3O. The van der Waals surface area contributed by atoms with Gasteiger partial charge in [-0.1, -0.05) is 109 Å². The molecule has 0 amide bonds. The summed E-state index contributed by atoms with van der Waals surface area (Å²) in [6, 6.07) is 48.3. The molecular weight excluding hydrogens is 514 g/mol. The van der Waals surface area contributed by atoms with Crippen molar-refractivity contribution >= 4 is 54.6 Å². The highest BCUT2D eigenvalue weighted by Crippen LogP contribution is 2.41. The maximum atomic E-state index is 6.30. The number of nitrogens with zero attached hydrogens (tertiary/aromatic N) is 3. The first kappa shape index (κ1) is 23.0. The zero-order chi connectivity index (χ0) is 27.6. The molecule has 4 nitrogen and oxygen atoms in total. The monoisotopic (exact) mass is 537 g/mol. The number of para-hydroxylation sites is 3. The lowest BCUT2D eigenvalue weighted by Crippen LogP contribution is -2.03. The highest BCUT2D eigenvalue weighted by molar-refractivity contribution is 6.24. The van der Waals surface area contributed by atoms with E-state index in [4.69, 9.17) is 14.4 Å². The van der Waals surface area contributed by atoms with Gasteiger partial charge in [0, 0.05) is 27.1 Å². The summed E-state index contributed by atoms with van der Waals surface area (Å²) in [4.78, 5) is 10.5. The summed E-state index contributed by atoms with van der Waals surface area (Å²) >= 11 is 0. The predicted octanol–water partition coefficient (Wildman–Crippen LogP) is 9.96. The molecule has 9 rings (SSSR count). The summed E-state index contributed by atoms with van der Waals surface area (Å²) in [6.45, 7) is 0. The van der Waals surface area contributed by atoms with Gasteiger partial charge in [-0.3, -0.25) is 4.57 Å². The van der Waals surface area contributed by atoms with Crippen LogP contribution in [-0.2, 0) is 0 Å². The SMILES string of the molecule is c1ccc(-c2ccc(-c3nc(-n4c5ccccc5c5ccc6oc7ccccc7c6c54)nc4ccccc34)cc2)cc1. The molecule has 3 heterocycles. The minimum absolute atomic E-state index is 0.639. The Morgan fingerprint density at radius 3 is 1.98 bits per heavy atom. The zero-order valence-electron chi connectivity index (χ0n) is 22.5. The van der Waals surface area contributed by atoms with Gasteiger partial charge in [-0.25, -0.2) is 9.97 Å². The van der Waals surface area contributed by atoms with Gasteiger partial charge in [-0.2, -0.15) is 0 Å². The van der Waals surface area contributed by atoms with Crippen LogP contribution in [0.25, 0.3) is 83.0 Å². The standard InChI is InChI=1S/C38H23N3O/c1-2-10-24(11-3-1)25-18-20-26(21-19-25)36-29-13-4-7-15-31(29)39-38(40-36)41-32-16-8-5-12-27(32)28-22-23-34-35(37(28)41)30-14-6-9-17-33(30)42-34/h1-23H. The Kier molecular flexibility index (Phi) is 4.87. The Hall–Kier alpha value is -5.74. The minimum atomic E-state index is 0.639. The number of rotatable bonds is 3. The van der Waals surface area contributed by atoms with Gasteiger partial charge in [0.1, 0.15) is 11.2 Å². The van der Waals surface area contributed by atoms with Crippen LogP contribution in [0.3, 0.4) is 0 Å². The van der Waals surface area contributed by atoms with Crippen LogP contribution in [0.2, 0.25) is 0 Å². The molecule has 4 heteroatoms. The van der Waals surface area contributed by atoms with Crippen LogP contribution in [0.5, 0.6) is 0 Å². The molecule has 0 atom stereocenters. The van der Waals surface area contributed by atoms with Crippen molar-refractivity contribution in [3.63, 3.8) is 0 Å². The summed E-state index contributed by atoms with van der Waals surface area (Å²) < 4.78 is 8.52. The van der Waals surface area contributed by atoms with Gasteiger partial charge >= 0.3 is 0 Å². The van der Waals surface area contributed by atoms with Crippen molar-refractivity contribution in [1.82, 2.24) is 14.5 Å². The molecule has 0 bridgehead atoms. The van der Waals surface area contributed by atoms with Gasteiger partial charge in [0.15, 0.2) is 0 Å². The van der Waals surface area contributed by atoms with Gasteiger partial charge in [0.05, 0.1) is 27.6 Å². The van der Waals surface area contributed by atoms with E-state index in [0.717, 1.165) is 65.9 Å². The number of benzene rings is 6. The van der Waals surface area contributed by atoms with E-state index in [2.05, 4.69) is 120 Å². The Balaban J connectivity index is 1.36. The van der Waals surface area contributed by atoms with Crippen LogP contribution >= 0.6 is 0 Å². The average Bonchev–Trinajstić information content (AvgIpc) is 3.60. The van der Waals surface area contributed by atoms with Gasteiger partial charge in [0.2, 0.25) is 5.95 Å². The molecule has 0 aliphatic carbocycles. The number of hydrogen-bond acceptors (Lipinski definition) is 3. The molecule has 0 unspecified atom stereocenters. The lowest BCUT2D eigenvalue weighted by atomic mass is 10.0. The van der Waals surface area contributed by atoms with Gasteiger partial charge in [-0.15, -0.1) is 0 Å². The van der Waals surface area contributed by atoms with Crippen molar-refractivity contribution in [3.05, 3.63) is 140 Å². The summed E-state index contributed by atoms with van der Waals surface area (Å²) in [5.41, 5.74) is 9.07. The molecule has 0 N–H and O–H groups in total. The average molecular weight is 538 g/mol. The van der Waals surface area contributed by atoms with Gasteiger partial charge in [-0.05, 0) is 41.5 Å². The van der Waals surface area contributed by atoms with Crippen LogP contribution in [0.4, 0.5) is 0 Å². The van der Waals surface area contributed by atoms with Crippen LogP contribution < -0.4 is 0 Å². The van der Waals surface area contributed by atoms with Gasteiger partial charge < -0.3 is 4.42 Å². The van der Waals surface area contributed by atoms with E-state index in [-0.39, 0.29) is 0 Å². The maximum absolute atomic E-state index is 6.30. The van der Waals surface area contributed by atoms with Crippen molar-refractivity contribution in [1.29, 1.82) is 0 Å². The molecule has 9 aromatic rings. The number of hydrogen-bond donors (Lipinski definition) is 0. The third kappa shape index (κ3) is 3.36. The summed E-state index contributed by atoms with van der Waals surface area (Å²) in [6.07, 6.45) is 0. The zero-order valence-corrected chi connectivity index (χ0v) is 22.5. The fourth-order valence-electron chi connectivity index (χ4n) is 6.31. The van der Waals surface area contributed by atoms with E-state index in [0.29, 0.717) is 5.95 Å². The number of furan rings is 1. The Bertz CT molecular complexity index is 2450.